The van der Waals surface area contributed by atoms with Crippen LogP contribution in [0.5, 0.6) is 0 Å². The molecule has 0 N–H and O–H groups in total. The minimum absolute atomic E-state index is 0.358. The van der Waals surface area contributed by atoms with E-state index < -0.39 is 21.7 Å². The monoisotopic (exact) mass is 435 g/mol. The number of carbonyl (C=O) groups excluding carboxylic acids is 1. The highest BCUT2D eigenvalue weighted by molar-refractivity contribution is 9.10. The summed E-state index contributed by atoms with van der Waals surface area (Å²) in [5.41, 5.74) is 1.71. The summed E-state index contributed by atoms with van der Waals surface area (Å²) >= 11 is 9.44. The van der Waals surface area contributed by atoms with E-state index >= 15 is 0 Å². The second kappa shape index (κ2) is 7.17. The van der Waals surface area contributed by atoms with Crippen molar-refractivity contribution < 1.29 is 9.72 Å². The minimum Gasteiger partial charge on any atom is -0.270 e. The van der Waals surface area contributed by atoms with Crippen LogP contribution in [0.25, 0.3) is 0 Å². The average Bonchev–Trinajstić information content (AvgIpc) is 2.86. The zero-order valence-corrected chi connectivity index (χ0v) is 16.1. The molecule has 0 radical (unpaired) electrons. The summed E-state index contributed by atoms with van der Waals surface area (Å²) in [6, 6.07) is 15.7. The molecule has 0 spiro atoms. The lowest BCUT2D eigenvalue weighted by molar-refractivity contribution is -0.483. The van der Waals surface area contributed by atoms with Gasteiger partial charge >= 0.3 is 0 Å². The van der Waals surface area contributed by atoms with Crippen LogP contribution in [-0.2, 0) is 4.79 Å². The van der Waals surface area contributed by atoms with Crippen molar-refractivity contribution in [3.05, 3.63) is 75.3 Å². The highest BCUT2D eigenvalue weighted by Gasteiger charge is 2.55. The molecule has 6 nitrogen and oxygen atoms in total. The van der Waals surface area contributed by atoms with Gasteiger partial charge < -0.3 is 0 Å². The molecule has 0 saturated carbocycles. The van der Waals surface area contributed by atoms with Gasteiger partial charge in [-0.1, -0.05) is 57.9 Å². The van der Waals surface area contributed by atoms with Gasteiger partial charge in [0.25, 0.3) is 5.91 Å². The lowest BCUT2D eigenvalue weighted by Crippen LogP contribution is -2.47. The van der Waals surface area contributed by atoms with Gasteiger partial charge in [0.2, 0.25) is 6.54 Å². The highest BCUT2D eigenvalue weighted by atomic mass is 79.9. The van der Waals surface area contributed by atoms with Crippen molar-refractivity contribution in [2.75, 3.05) is 11.6 Å². The minimum atomic E-state index is -1.30. The zero-order chi connectivity index (χ0) is 18.9. The van der Waals surface area contributed by atoms with E-state index in [1.54, 1.807) is 55.5 Å². The number of amides is 1. The molecule has 0 aromatic heterocycles. The van der Waals surface area contributed by atoms with E-state index in [0.29, 0.717) is 22.0 Å². The van der Waals surface area contributed by atoms with Crippen molar-refractivity contribution in [3.8, 4) is 0 Å². The SMILES string of the molecule is CC1=NN(c2ccccc2)C(=O)[C@@]1(Br)[C@@H](C[N+](=O)[O-])c1ccc(Cl)cc1. The molecular formula is C18H15BrClN3O3. The second-order valence-corrected chi connectivity index (χ2v) is 7.66. The molecule has 134 valence electrons. The first-order chi connectivity index (χ1) is 12.3. The maximum atomic E-state index is 13.2. The van der Waals surface area contributed by atoms with Crippen LogP contribution in [0.1, 0.15) is 18.4 Å². The largest absolute Gasteiger partial charge is 0.271 e. The van der Waals surface area contributed by atoms with Crippen molar-refractivity contribution in [1.82, 2.24) is 0 Å². The van der Waals surface area contributed by atoms with E-state index in [1.807, 2.05) is 6.07 Å². The van der Waals surface area contributed by atoms with Crippen LogP contribution in [0.3, 0.4) is 0 Å². The Morgan fingerprint density at radius 1 is 1.23 bits per heavy atom. The number of hydrogen-bond acceptors (Lipinski definition) is 4. The van der Waals surface area contributed by atoms with Gasteiger partial charge in [0.05, 0.1) is 17.3 Å². The summed E-state index contributed by atoms with van der Waals surface area (Å²) in [4.78, 5) is 24.1. The fourth-order valence-corrected chi connectivity index (χ4v) is 3.81. The van der Waals surface area contributed by atoms with Gasteiger partial charge in [-0.05, 0) is 36.8 Å². The number of alkyl halides is 1. The van der Waals surface area contributed by atoms with Gasteiger partial charge in [0.1, 0.15) is 0 Å². The maximum absolute atomic E-state index is 13.2. The molecule has 0 bridgehead atoms. The third-order valence-electron chi connectivity index (χ3n) is 4.37. The summed E-state index contributed by atoms with van der Waals surface area (Å²) in [6.07, 6.45) is 0. The van der Waals surface area contributed by atoms with Crippen LogP contribution in [0, 0.1) is 10.1 Å². The molecule has 3 rings (SSSR count). The van der Waals surface area contributed by atoms with E-state index in [9.17, 15) is 14.9 Å². The highest BCUT2D eigenvalue weighted by Crippen LogP contribution is 2.43. The van der Waals surface area contributed by atoms with Crippen LogP contribution in [0.15, 0.2) is 59.7 Å². The number of carbonyl (C=O) groups is 1. The molecule has 0 fully saturated rings. The number of anilines is 1. The number of hydrogen-bond donors (Lipinski definition) is 0. The molecule has 26 heavy (non-hydrogen) atoms. The van der Waals surface area contributed by atoms with Gasteiger partial charge in [0.15, 0.2) is 4.32 Å². The summed E-state index contributed by atoms with van der Waals surface area (Å²) in [5, 5.41) is 17.5. The Balaban J connectivity index is 2.05. The van der Waals surface area contributed by atoms with Crippen molar-refractivity contribution in [1.29, 1.82) is 0 Å². The normalized spacial score (nSPS) is 20.8. The number of benzene rings is 2. The molecule has 1 heterocycles. The first-order valence-electron chi connectivity index (χ1n) is 7.85. The lowest BCUT2D eigenvalue weighted by Gasteiger charge is -2.29. The fourth-order valence-electron chi connectivity index (χ4n) is 3.03. The van der Waals surface area contributed by atoms with Crippen molar-refractivity contribution >= 4 is 44.8 Å². The molecule has 8 heteroatoms. The van der Waals surface area contributed by atoms with Gasteiger partial charge in [0, 0.05) is 9.95 Å². The van der Waals surface area contributed by atoms with Crippen LogP contribution >= 0.6 is 27.5 Å². The van der Waals surface area contributed by atoms with Crippen LogP contribution in [-0.4, -0.2) is 27.4 Å². The van der Waals surface area contributed by atoms with E-state index in [1.165, 1.54) is 5.01 Å². The molecule has 1 amide bonds. The lowest BCUT2D eigenvalue weighted by atomic mass is 9.82. The Morgan fingerprint density at radius 2 is 1.85 bits per heavy atom. The molecular weight excluding hydrogens is 422 g/mol. The van der Waals surface area contributed by atoms with Crippen molar-refractivity contribution in [3.63, 3.8) is 0 Å². The van der Waals surface area contributed by atoms with Gasteiger partial charge in [-0.25, -0.2) is 0 Å². The first kappa shape index (κ1) is 18.5. The number of nitrogens with zero attached hydrogens (tertiary/aromatic N) is 3. The topological polar surface area (TPSA) is 75.8 Å². The summed E-state index contributed by atoms with van der Waals surface area (Å²) in [7, 11) is 0. The van der Waals surface area contributed by atoms with Crippen LogP contribution in [0.2, 0.25) is 5.02 Å². The van der Waals surface area contributed by atoms with Gasteiger partial charge in [-0.2, -0.15) is 10.1 Å². The molecule has 1 aliphatic rings. The Hall–Kier alpha value is -2.25. The summed E-state index contributed by atoms with van der Waals surface area (Å²) < 4.78 is -1.30. The third kappa shape index (κ3) is 3.24. The average molecular weight is 437 g/mol. The van der Waals surface area contributed by atoms with Crippen molar-refractivity contribution in [2.45, 2.75) is 17.2 Å². The van der Waals surface area contributed by atoms with Gasteiger partial charge in [-0.3, -0.25) is 14.9 Å². The molecule has 0 aliphatic carbocycles. The third-order valence-corrected chi connectivity index (χ3v) is 6.08. The van der Waals surface area contributed by atoms with E-state index in [-0.39, 0.29) is 5.91 Å². The number of nitro groups is 1. The molecule has 2 atom stereocenters. The molecule has 0 unspecified atom stereocenters. The zero-order valence-electron chi connectivity index (χ0n) is 13.8. The number of hydrazone groups is 1. The quantitative estimate of drug-likeness (QED) is 0.399. The molecule has 1 aliphatic heterocycles. The summed E-state index contributed by atoms with van der Waals surface area (Å²) in [6.45, 7) is 1.27. The van der Waals surface area contributed by atoms with E-state index in [4.69, 9.17) is 11.6 Å². The van der Waals surface area contributed by atoms with Crippen LogP contribution in [0.4, 0.5) is 5.69 Å². The Bertz CT molecular complexity index is 873. The van der Waals surface area contributed by atoms with Gasteiger partial charge in [-0.15, -0.1) is 0 Å². The van der Waals surface area contributed by atoms with Crippen molar-refractivity contribution in [2.24, 2.45) is 5.10 Å². The number of halogens is 2. The maximum Gasteiger partial charge on any atom is 0.271 e. The Morgan fingerprint density at radius 3 is 2.42 bits per heavy atom. The first-order valence-corrected chi connectivity index (χ1v) is 9.02. The standard InChI is InChI=1S/C18H15BrClN3O3/c1-12-18(19,17(24)23(21-12)15-5-3-2-4-6-15)16(11-22(25)26)13-7-9-14(20)10-8-13/h2-10,16H,11H2,1H3/t16-,18-/m0/s1. The Labute approximate surface area is 163 Å². The molecule has 2 aromatic carbocycles. The second-order valence-electron chi connectivity index (χ2n) is 5.97. The molecule has 0 saturated heterocycles. The summed E-state index contributed by atoms with van der Waals surface area (Å²) in [5.74, 6) is -1.09. The smallest absolute Gasteiger partial charge is 0.270 e. The van der Waals surface area contributed by atoms with E-state index in [2.05, 4.69) is 21.0 Å². The fraction of sp³-hybridized carbons (Fsp3) is 0.222. The predicted molar refractivity (Wildman–Crippen MR) is 105 cm³/mol. The number of para-hydroxylation sites is 1. The predicted octanol–water partition coefficient (Wildman–Crippen LogP) is 4.26. The molecule has 2 aromatic rings. The van der Waals surface area contributed by atoms with Crippen LogP contribution < -0.4 is 5.01 Å². The number of rotatable bonds is 5. The Kier molecular flexibility index (Phi) is 5.11. The van der Waals surface area contributed by atoms with E-state index in [0.717, 1.165) is 0 Å².